The molecule has 212 valence electrons. The van der Waals surface area contributed by atoms with E-state index in [2.05, 4.69) is 4.85 Å². The zero-order valence-corrected chi connectivity index (χ0v) is 22.5. The molecule has 1 aliphatic rings. The number of anilines is 1. The molecule has 0 unspecified atom stereocenters. The maximum Gasteiger partial charge on any atom is 0.337 e. The first-order valence-corrected chi connectivity index (χ1v) is 12.4. The molecule has 3 aromatic rings. The number of carbonyl (C=O) groups is 4. The summed E-state index contributed by atoms with van der Waals surface area (Å²) in [6, 6.07) is 12.5. The second-order valence-electron chi connectivity index (χ2n) is 9.10. The monoisotopic (exact) mass is 576 g/mol. The normalized spacial score (nSPS) is 14.2. The van der Waals surface area contributed by atoms with Crippen LogP contribution in [-0.4, -0.2) is 43.6 Å². The third-order valence-corrected chi connectivity index (χ3v) is 6.75. The number of hydrogen-bond acceptors (Lipinski definition) is 7. The highest BCUT2D eigenvalue weighted by Gasteiger charge is 2.38. The average Bonchev–Trinajstić information content (AvgIpc) is 2.97. The van der Waals surface area contributed by atoms with Crippen molar-refractivity contribution in [2.45, 2.75) is 13.8 Å². The third-order valence-electron chi connectivity index (χ3n) is 6.75. The molecule has 0 aliphatic carbocycles. The van der Waals surface area contributed by atoms with Gasteiger partial charge in [-0.15, -0.1) is 0 Å². The van der Waals surface area contributed by atoms with Crippen molar-refractivity contribution < 1.29 is 34.5 Å². The van der Waals surface area contributed by atoms with E-state index in [4.69, 9.17) is 6.57 Å². The quantitative estimate of drug-likeness (QED) is 0.223. The summed E-state index contributed by atoms with van der Waals surface area (Å²) in [6.07, 6.45) is 3.77. The number of para-hydroxylation sites is 2. The van der Waals surface area contributed by atoms with Crippen molar-refractivity contribution in [1.29, 1.82) is 5.26 Å². The molecule has 12 nitrogen and oxygen atoms in total. The Bertz CT molecular complexity index is 2000. The van der Waals surface area contributed by atoms with Crippen molar-refractivity contribution in [3.8, 4) is 17.6 Å². The number of allylic oxidation sites excluding steroid dienone is 2. The first kappa shape index (κ1) is 29.5. The highest BCUT2D eigenvalue weighted by atomic mass is 16.4. The molecule has 43 heavy (non-hydrogen) atoms. The van der Waals surface area contributed by atoms with E-state index < -0.39 is 40.9 Å². The molecule has 1 aromatic heterocycles. The number of hydrogen-bond donors (Lipinski definition) is 3. The largest absolute Gasteiger partial charge is 0.494 e. The van der Waals surface area contributed by atoms with E-state index in [1.54, 1.807) is 6.07 Å². The summed E-state index contributed by atoms with van der Waals surface area (Å²) >= 11 is 0. The van der Waals surface area contributed by atoms with Gasteiger partial charge < -0.3 is 15.3 Å². The van der Waals surface area contributed by atoms with E-state index in [0.29, 0.717) is 9.47 Å². The molecule has 3 N–H and O–H groups in total. The van der Waals surface area contributed by atoms with Gasteiger partial charge in [-0.25, -0.2) is 19.0 Å². The van der Waals surface area contributed by atoms with Crippen LogP contribution in [0, 0.1) is 24.8 Å². The molecule has 0 atom stereocenters. The van der Waals surface area contributed by atoms with Crippen LogP contribution < -0.4 is 10.5 Å². The Morgan fingerprint density at radius 2 is 1.49 bits per heavy atom. The number of carboxylic acids is 2. The van der Waals surface area contributed by atoms with E-state index in [9.17, 15) is 44.6 Å². The van der Waals surface area contributed by atoms with Gasteiger partial charge in [-0.2, -0.15) is 5.26 Å². The zero-order chi connectivity index (χ0) is 31.6. The van der Waals surface area contributed by atoms with Crippen LogP contribution in [0.15, 0.2) is 82.3 Å². The zero-order valence-electron chi connectivity index (χ0n) is 22.5. The topological polar surface area (TPSA) is 182 Å². The Hall–Kier alpha value is -6.53. The van der Waals surface area contributed by atoms with E-state index >= 15 is 0 Å². The minimum absolute atomic E-state index is 0.0257. The van der Waals surface area contributed by atoms with E-state index in [1.807, 2.05) is 0 Å². The van der Waals surface area contributed by atoms with Gasteiger partial charge >= 0.3 is 11.9 Å². The van der Waals surface area contributed by atoms with Crippen LogP contribution in [0.5, 0.6) is 5.88 Å². The average molecular weight is 577 g/mol. The fourth-order valence-electron chi connectivity index (χ4n) is 4.60. The predicted octanol–water partition coefficient (Wildman–Crippen LogP) is 3.83. The van der Waals surface area contributed by atoms with Crippen LogP contribution in [0.2, 0.25) is 0 Å². The van der Waals surface area contributed by atoms with Crippen molar-refractivity contribution >= 4 is 35.5 Å². The maximum atomic E-state index is 13.5. The van der Waals surface area contributed by atoms with Crippen LogP contribution in [0.1, 0.15) is 44.3 Å². The van der Waals surface area contributed by atoms with Crippen molar-refractivity contribution in [2.75, 3.05) is 4.90 Å². The lowest BCUT2D eigenvalue weighted by molar-refractivity contribution is -0.123. The lowest BCUT2D eigenvalue weighted by Crippen LogP contribution is -2.43. The lowest BCUT2D eigenvalue weighted by Gasteiger charge is -2.28. The highest BCUT2D eigenvalue weighted by Crippen LogP contribution is 2.33. The van der Waals surface area contributed by atoms with Crippen molar-refractivity contribution in [1.82, 2.24) is 4.57 Å². The molecule has 0 bridgehead atoms. The van der Waals surface area contributed by atoms with Gasteiger partial charge in [0.2, 0.25) is 5.88 Å². The van der Waals surface area contributed by atoms with Crippen molar-refractivity contribution in [3.05, 3.63) is 127 Å². The summed E-state index contributed by atoms with van der Waals surface area (Å²) in [4.78, 5) is 67.2. The van der Waals surface area contributed by atoms with Crippen LogP contribution in [0.25, 0.3) is 16.6 Å². The number of carboxylic acid groups (broad SMARTS) is 2. The number of rotatable bonds is 6. The number of pyridine rings is 1. The summed E-state index contributed by atoms with van der Waals surface area (Å²) < 4.78 is 0.694. The SMILES string of the molecule is [C-]#[N+]C1=C(C)/C(=C/C=Cc2c(C)c(C#N)c(=O)n(-c3ccccc3C(=O)O)c2O)C(=O)N(c2ccccc2C(=O)O)C1=O. The van der Waals surface area contributed by atoms with Crippen molar-refractivity contribution in [3.63, 3.8) is 0 Å². The number of nitriles is 1. The minimum Gasteiger partial charge on any atom is -0.494 e. The Morgan fingerprint density at radius 3 is 2.05 bits per heavy atom. The van der Waals surface area contributed by atoms with Gasteiger partial charge in [0.15, 0.2) is 0 Å². The summed E-state index contributed by atoms with van der Waals surface area (Å²) in [7, 11) is 0. The Kier molecular flexibility index (Phi) is 7.89. The third kappa shape index (κ3) is 4.96. The summed E-state index contributed by atoms with van der Waals surface area (Å²) in [5.41, 5.74) is -2.88. The van der Waals surface area contributed by atoms with Gasteiger partial charge in [0.1, 0.15) is 11.6 Å². The molecular weight excluding hydrogens is 556 g/mol. The molecule has 2 aromatic carbocycles. The fourth-order valence-corrected chi connectivity index (χ4v) is 4.60. The molecular formula is C31H20N4O8. The van der Waals surface area contributed by atoms with E-state index in [-0.39, 0.29) is 50.3 Å². The molecule has 1 aliphatic heterocycles. The second-order valence-corrected chi connectivity index (χ2v) is 9.10. The number of benzene rings is 2. The summed E-state index contributed by atoms with van der Waals surface area (Å²) in [5.74, 6) is -5.35. The van der Waals surface area contributed by atoms with Crippen LogP contribution in [0.4, 0.5) is 5.69 Å². The first-order chi connectivity index (χ1) is 20.5. The van der Waals surface area contributed by atoms with Gasteiger partial charge in [-0.1, -0.05) is 36.4 Å². The number of imide groups is 1. The molecule has 2 heterocycles. The van der Waals surface area contributed by atoms with Gasteiger partial charge in [0.05, 0.1) is 29.1 Å². The smallest absolute Gasteiger partial charge is 0.337 e. The Labute approximate surface area is 243 Å². The Morgan fingerprint density at radius 1 is 0.930 bits per heavy atom. The van der Waals surface area contributed by atoms with Gasteiger partial charge in [-0.05, 0) is 55.3 Å². The number of aromatic nitrogens is 1. The standard InChI is InChI=1S/C31H20N4O8/c1-16-18(26(36)34(28(38)22(16)15-32)23-13-6-4-9-20(23)30(40)41)11-8-12-19-17(2)25(33-3)29(39)35(27(19)37)24-14-7-5-10-21(24)31(42)43/h4-14,36H,1-2H3,(H,40,41)(H,42,43)/b11-8?,19-12-. The lowest BCUT2D eigenvalue weighted by atomic mass is 9.96. The van der Waals surface area contributed by atoms with E-state index in [0.717, 1.165) is 0 Å². The Balaban J connectivity index is 1.91. The highest BCUT2D eigenvalue weighted by molar-refractivity contribution is 6.31. The van der Waals surface area contributed by atoms with Crippen LogP contribution in [-0.2, 0) is 9.59 Å². The maximum absolute atomic E-state index is 13.5. The second kappa shape index (κ2) is 11.5. The molecule has 12 heteroatoms. The van der Waals surface area contributed by atoms with Crippen LogP contribution in [0.3, 0.4) is 0 Å². The molecule has 4 rings (SSSR count). The summed E-state index contributed by atoms with van der Waals surface area (Å²) in [5, 5.41) is 40.0. The van der Waals surface area contributed by atoms with Gasteiger partial charge in [0.25, 0.3) is 23.1 Å². The van der Waals surface area contributed by atoms with Gasteiger partial charge in [-0.3, -0.25) is 19.3 Å². The number of aromatic carboxylic acids is 2. The molecule has 0 saturated heterocycles. The number of aromatic hydroxyl groups is 1. The first-order valence-electron chi connectivity index (χ1n) is 12.4. The predicted molar refractivity (Wildman–Crippen MR) is 152 cm³/mol. The molecule has 2 amide bonds. The number of amides is 2. The molecule has 0 fully saturated rings. The molecule has 0 spiro atoms. The van der Waals surface area contributed by atoms with Crippen LogP contribution >= 0.6 is 0 Å². The number of carbonyl (C=O) groups excluding carboxylic acids is 2. The van der Waals surface area contributed by atoms with Gasteiger partial charge in [0, 0.05) is 11.1 Å². The molecule has 0 radical (unpaired) electrons. The van der Waals surface area contributed by atoms with Crippen molar-refractivity contribution in [2.24, 2.45) is 0 Å². The fraction of sp³-hybridized carbons (Fsp3) is 0.0645. The summed E-state index contributed by atoms with van der Waals surface area (Å²) in [6.45, 7) is 10.3. The number of nitrogens with zero attached hydrogens (tertiary/aromatic N) is 4. The minimum atomic E-state index is -1.39. The van der Waals surface area contributed by atoms with E-state index in [1.165, 1.54) is 80.6 Å². The molecule has 0 saturated carbocycles.